The minimum Gasteiger partial charge on any atom is -0.377 e. The number of amides is 2. The highest BCUT2D eigenvalue weighted by Crippen LogP contribution is 2.34. The Labute approximate surface area is 194 Å². The maximum absolute atomic E-state index is 13.5. The maximum atomic E-state index is 13.5. The van der Waals surface area contributed by atoms with Gasteiger partial charge in [-0.3, -0.25) is 14.5 Å². The number of benzene rings is 2. The van der Waals surface area contributed by atoms with Gasteiger partial charge in [0, 0.05) is 13.1 Å². The molecule has 0 saturated carbocycles. The second kappa shape index (κ2) is 10.3. The van der Waals surface area contributed by atoms with E-state index >= 15 is 0 Å². The quantitative estimate of drug-likeness (QED) is 0.563. The second-order valence-corrected chi connectivity index (χ2v) is 9.03. The molecule has 0 unspecified atom stereocenters. The third-order valence-corrected chi connectivity index (χ3v) is 6.34. The molecule has 0 radical (unpaired) electrons. The van der Waals surface area contributed by atoms with Crippen molar-refractivity contribution in [2.75, 3.05) is 26.2 Å². The topological polar surface area (TPSA) is 49.9 Å². The predicted octanol–water partition coefficient (Wildman–Crippen LogP) is 4.29. The lowest BCUT2D eigenvalue weighted by Crippen LogP contribution is -2.40. The minimum atomic E-state index is -0.374. The van der Waals surface area contributed by atoms with Gasteiger partial charge in [-0.05, 0) is 62.3 Å². The Morgan fingerprint density at radius 1 is 0.970 bits per heavy atom. The number of halogens is 1. The van der Waals surface area contributed by atoms with Gasteiger partial charge in [0.1, 0.15) is 11.5 Å². The third-order valence-electron chi connectivity index (χ3n) is 6.34. The van der Waals surface area contributed by atoms with E-state index in [1.54, 1.807) is 12.1 Å². The molecule has 0 spiro atoms. The Hall–Kier alpha value is -2.99. The van der Waals surface area contributed by atoms with Crippen LogP contribution in [0.1, 0.15) is 37.8 Å². The number of carbonyl (C=O) groups excluding carboxylic acids is 2. The summed E-state index contributed by atoms with van der Waals surface area (Å²) < 4.78 is 19.1. The Morgan fingerprint density at radius 2 is 1.64 bits per heavy atom. The second-order valence-electron chi connectivity index (χ2n) is 9.03. The van der Waals surface area contributed by atoms with Gasteiger partial charge in [0.25, 0.3) is 11.8 Å². The van der Waals surface area contributed by atoms with Crippen LogP contribution in [-0.4, -0.2) is 54.0 Å². The van der Waals surface area contributed by atoms with E-state index < -0.39 is 0 Å². The van der Waals surface area contributed by atoms with Crippen LogP contribution in [0, 0.1) is 11.7 Å². The Balaban J connectivity index is 1.54. The van der Waals surface area contributed by atoms with Crippen LogP contribution in [0.3, 0.4) is 0 Å². The zero-order chi connectivity index (χ0) is 23.4. The molecule has 5 nitrogen and oxygen atoms in total. The number of nitrogens with zero attached hydrogens (tertiary/aromatic N) is 2. The van der Waals surface area contributed by atoms with Crippen molar-refractivity contribution >= 4 is 17.4 Å². The number of rotatable bonds is 8. The summed E-state index contributed by atoms with van der Waals surface area (Å²) in [6.45, 7) is 5.76. The van der Waals surface area contributed by atoms with Gasteiger partial charge in [0.15, 0.2) is 0 Å². The van der Waals surface area contributed by atoms with Crippen molar-refractivity contribution in [3.63, 3.8) is 0 Å². The van der Waals surface area contributed by atoms with E-state index in [4.69, 9.17) is 4.74 Å². The fraction of sp³-hybridized carbons (Fsp3) is 0.407. The van der Waals surface area contributed by atoms with Crippen molar-refractivity contribution in [1.82, 2.24) is 9.80 Å². The van der Waals surface area contributed by atoms with E-state index in [2.05, 4.69) is 24.3 Å². The van der Waals surface area contributed by atoms with Crippen molar-refractivity contribution in [2.24, 2.45) is 5.92 Å². The summed E-state index contributed by atoms with van der Waals surface area (Å²) in [4.78, 5) is 30.0. The standard InChI is InChI=1S/C27H31FN2O3/c1-19(2)33-17-16-30-26(31)24(22-8-10-23(28)11-9-22)25(27(30)32)29-14-12-21(13-15-29)18-20-6-4-3-5-7-20/h3-11,19,21H,12-18H2,1-2H3. The number of piperidine rings is 1. The first-order chi connectivity index (χ1) is 15.9. The number of hydrogen-bond donors (Lipinski definition) is 0. The summed E-state index contributed by atoms with van der Waals surface area (Å²) in [5, 5.41) is 0. The van der Waals surface area contributed by atoms with Crippen molar-refractivity contribution in [3.05, 3.63) is 77.2 Å². The molecular weight excluding hydrogens is 419 g/mol. The van der Waals surface area contributed by atoms with E-state index in [1.165, 1.54) is 22.6 Å². The highest BCUT2D eigenvalue weighted by Gasteiger charge is 2.42. The zero-order valence-electron chi connectivity index (χ0n) is 19.3. The van der Waals surface area contributed by atoms with Crippen molar-refractivity contribution in [2.45, 2.75) is 39.2 Å². The minimum absolute atomic E-state index is 0.0189. The molecule has 2 aliphatic heterocycles. The molecule has 6 heteroatoms. The molecule has 4 rings (SSSR count). The smallest absolute Gasteiger partial charge is 0.277 e. The van der Waals surface area contributed by atoms with E-state index in [0.717, 1.165) is 19.3 Å². The molecule has 33 heavy (non-hydrogen) atoms. The lowest BCUT2D eigenvalue weighted by molar-refractivity contribution is -0.138. The molecule has 0 bridgehead atoms. The first kappa shape index (κ1) is 23.2. The van der Waals surface area contributed by atoms with Gasteiger partial charge in [-0.1, -0.05) is 42.5 Å². The Bertz CT molecular complexity index is 1010. The number of likely N-dealkylation sites (tertiary alicyclic amines) is 1. The van der Waals surface area contributed by atoms with Gasteiger partial charge in [0.05, 0.1) is 24.8 Å². The van der Waals surface area contributed by atoms with Crippen LogP contribution >= 0.6 is 0 Å². The van der Waals surface area contributed by atoms with Gasteiger partial charge < -0.3 is 9.64 Å². The van der Waals surface area contributed by atoms with Crippen LogP contribution in [0.4, 0.5) is 4.39 Å². The molecule has 0 aromatic heterocycles. The van der Waals surface area contributed by atoms with E-state index in [1.807, 2.05) is 24.8 Å². The lowest BCUT2D eigenvalue weighted by Gasteiger charge is -2.34. The van der Waals surface area contributed by atoms with Crippen LogP contribution in [0.2, 0.25) is 0 Å². The average molecular weight is 451 g/mol. The lowest BCUT2D eigenvalue weighted by atomic mass is 9.89. The highest BCUT2D eigenvalue weighted by atomic mass is 19.1. The highest BCUT2D eigenvalue weighted by molar-refractivity contribution is 6.35. The summed E-state index contributed by atoms with van der Waals surface area (Å²) in [6.07, 6.45) is 2.94. The van der Waals surface area contributed by atoms with E-state index in [9.17, 15) is 14.0 Å². The van der Waals surface area contributed by atoms with Crippen LogP contribution < -0.4 is 0 Å². The first-order valence-corrected chi connectivity index (χ1v) is 11.7. The van der Waals surface area contributed by atoms with Crippen LogP contribution in [0.15, 0.2) is 60.3 Å². The number of carbonyl (C=O) groups is 2. The van der Waals surface area contributed by atoms with Crippen molar-refractivity contribution in [3.8, 4) is 0 Å². The monoisotopic (exact) mass is 450 g/mol. The summed E-state index contributed by atoms with van der Waals surface area (Å²) >= 11 is 0. The van der Waals surface area contributed by atoms with E-state index in [-0.39, 0.29) is 36.9 Å². The summed E-state index contributed by atoms with van der Waals surface area (Å²) in [7, 11) is 0. The molecular formula is C27H31FN2O3. The molecule has 0 atom stereocenters. The fourth-order valence-electron chi connectivity index (χ4n) is 4.62. The molecule has 0 aliphatic carbocycles. The van der Waals surface area contributed by atoms with Crippen LogP contribution in [-0.2, 0) is 20.7 Å². The molecule has 174 valence electrons. The van der Waals surface area contributed by atoms with Crippen LogP contribution in [0.25, 0.3) is 5.57 Å². The van der Waals surface area contributed by atoms with Crippen molar-refractivity contribution in [1.29, 1.82) is 0 Å². The van der Waals surface area contributed by atoms with Gasteiger partial charge in [0.2, 0.25) is 0 Å². The number of imide groups is 1. The van der Waals surface area contributed by atoms with Crippen LogP contribution in [0.5, 0.6) is 0 Å². The summed E-state index contributed by atoms with van der Waals surface area (Å²) in [5.74, 6) is -0.448. The molecule has 2 heterocycles. The number of ether oxygens (including phenoxy) is 1. The molecule has 2 aliphatic rings. The molecule has 1 saturated heterocycles. The van der Waals surface area contributed by atoms with Gasteiger partial charge >= 0.3 is 0 Å². The molecule has 2 amide bonds. The fourth-order valence-corrected chi connectivity index (χ4v) is 4.62. The molecule has 2 aromatic carbocycles. The number of hydrogen-bond acceptors (Lipinski definition) is 4. The normalized spacial score (nSPS) is 17.6. The Kier molecular flexibility index (Phi) is 7.23. The third kappa shape index (κ3) is 5.33. The summed E-state index contributed by atoms with van der Waals surface area (Å²) in [5.41, 5.74) is 2.70. The van der Waals surface area contributed by atoms with Gasteiger partial charge in [-0.25, -0.2) is 4.39 Å². The molecule has 2 aromatic rings. The first-order valence-electron chi connectivity index (χ1n) is 11.7. The molecule has 1 fully saturated rings. The largest absolute Gasteiger partial charge is 0.377 e. The summed E-state index contributed by atoms with van der Waals surface area (Å²) in [6, 6.07) is 16.3. The Morgan fingerprint density at radius 3 is 2.27 bits per heavy atom. The zero-order valence-corrected chi connectivity index (χ0v) is 19.3. The predicted molar refractivity (Wildman–Crippen MR) is 126 cm³/mol. The van der Waals surface area contributed by atoms with E-state index in [0.29, 0.717) is 35.8 Å². The van der Waals surface area contributed by atoms with Crippen molar-refractivity contribution < 1.29 is 18.7 Å². The van der Waals surface area contributed by atoms with Gasteiger partial charge in [-0.2, -0.15) is 0 Å². The average Bonchev–Trinajstić information content (AvgIpc) is 3.05. The molecule has 0 N–H and O–H groups in total. The SMILES string of the molecule is CC(C)OCCN1C(=O)C(c2ccc(F)cc2)=C(N2CCC(Cc3ccccc3)CC2)C1=O. The maximum Gasteiger partial charge on any atom is 0.277 e. The van der Waals surface area contributed by atoms with Gasteiger partial charge in [-0.15, -0.1) is 0 Å².